The highest BCUT2D eigenvalue weighted by Gasteiger charge is 2.21. The number of H-pyrrole nitrogens is 1. The van der Waals surface area contributed by atoms with E-state index in [9.17, 15) is 14.4 Å². The molecule has 9 heteroatoms. The van der Waals surface area contributed by atoms with Crippen molar-refractivity contribution in [1.29, 1.82) is 5.26 Å². The number of fused-ring (bicyclic) bond motifs is 1. The maximum atomic E-state index is 12.8. The Balaban J connectivity index is 1.54. The van der Waals surface area contributed by atoms with Gasteiger partial charge >= 0.3 is 0 Å². The van der Waals surface area contributed by atoms with Gasteiger partial charge in [0.05, 0.1) is 17.7 Å². The number of para-hydroxylation sites is 1. The minimum Gasteiger partial charge on any atom is -0.349 e. The number of carbonyl (C=O) groups excluding carboxylic acids is 2. The summed E-state index contributed by atoms with van der Waals surface area (Å²) < 4.78 is 1.15. The van der Waals surface area contributed by atoms with Crippen LogP contribution >= 0.6 is 0 Å². The molecule has 1 aromatic carbocycles. The van der Waals surface area contributed by atoms with Crippen molar-refractivity contribution >= 4 is 23.1 Å². The number of amides is 2. The van der Waals surface area contributed by atoms with Crippen molar-refractivity contribution < 1.29 is 9.59 Å². The summed E-state index contributed by atoms with van der Waals surface area (Å²) in [5.74, 6) is -0.660. The van der Waals surface area contributed by atoms with Gasteiger partial charge in [0.15, 0.2) is 5.65 Å². The molecule has 1 aliphatic rings. The lowest BCUT2D eigenvalue weighted by Crippen LogP contribution is -2.33. The van der Waals surface area contributed by atoms with Crippen LogP contribution in [-0.2, 0) is 11.2 Å². The summed E-state index contributed by atoms with van der Waals surface area (Å²) in [4.78, 5) is 42.5. The summed E-state index contributed by atoms with van der Waals surface area (Å²) in [7, 11) is 0. The summed E-state index contributed by atoms with van der Waals surface area (Å²) >= 11 is 0. The van der Waals surface area contributed by atoms with Crippen molar-refractivity contribution in [2.24, 2.45) is 0 Å². The number of aryl methyl sites for hydroxylation is 1. The molecule has 3 aromatic rings. The van der Waals surface area contributed by atoms with Crippen LogP contribution < -0.4 is 16.2 Å². The largest absolute Gasteiger partial charge is 0.349 e. The zero-order valence-electron chi connectivity index (χ0n) is 17.1. The van der Waals surface area contributed by atoms with Crippen LogP contribution in [-0.4, -0.2) is 32.5 Å². The minimum atomic E-state index is -0.439. The average molecular weight is 418 g/mol. The fourth-order valence-corrected chi connectivity index (χ4v) is 3.92. The van der Waals surface area contributed by atoms with Crippen molar-refractivity contribution in [3.8, 4) is 6.07 Å². The molecule has 9 nitrogen and oxygen atoms in total. The summed E-state index contributed by atoms with van der Waals surface area (Å²) in [6.07, 6.45) is 5.32. The molecule has 1 saturated carbocycles. The smallest absolute Gasteiger partial charge is 0.276 e. The van der Waals surface area contributed by atoms with Crippen molar-refractivity contribution in [3.05, 3.63) is 63.2 Å². The number of aromatic nitrogens is 3. The molecule has 0 radical (unpaired) electrons. The summed E-state index contributed by atoms with van der Waals surface area (Å²) in [5, 5.41) is 17.6. The van der Waals surface area contributed by atoms with Crippen molar-refractivity contribution in [2.45, 2.75) is 45.1 Å². The molecule has 3 N–H and O–H groups in total. The van der Waals surface area contributed by atoms with E-state index >= 15 is 0 Å². The van der Waals surface area contributed by atoms with E-state index in [4.69, 9.17) is 5.26 Å². The highest BCUT2D eigenvalue weighted by molar-refractivity contribution is 6.04. The fourth-order valence-electron chi connectivity index (χ4n) is 3.92. The first-order chi connectivity index (χ1) is 15.0. The number of rotatable bonds is 5. The number of nitrogens with zero attached hydrogens (tertiary/aromatic N) is 3. The summed E-state index contributed by atoms with van der Waals surface area (Å²) in [6, 6.07) is 8.93. The van der Waals surface area contributed by atoms with E-state index in [1.165, 1.54) is 6.20 Å². The molecule has 0 saturated heterocycles. The van der Waals surface area contributed by atoms with Crippen molar-refractivity contribution in [3.63, 3.8) is 0 Å². The third kappa shape index (κ3) is 4.05. The highest BCUT2D eigenvalue weighted by Crippen LogP contribution is 2.20. The van der Waals surface area contributed by atoms with E-state index in [-0.39, 0.29) is 35.1 Å². The topological polar surface area (TPSA) is 132 Å². The van der Waals surface area contributed by atoms with E-state index in [2.05, 4.69) is 20.7 Å². The van der Waals surface area contributed by atoms with Gasteiger partial charge in [0.2, 0.25) is 5.91 Å². The normalized spacial score (nSPS) is 13.8. The predicted octanol–water partition coefficient (Wildman–Crippen LogP) is 2.06. The van der Waals surface area contributed by atoms with Gasteiger partial charge in [0.25, 0.3) is 11.5 Å². The Kier molecular flexibility index (Phi) is 5.54. The van der Waals surface area contributed by atoms with Crippen molar-refractivity contribution in [2.75, 3.05) is 5.32 Å². The molecule has 2 aromatic heterocycles. The molecule has 31 heavy (non-hydrogen) atoms. The third-order valence-electron chi connectivity index (χ3n) is 5.56. The molecule has 0 atom stereocenters. The lowest BCUT2D eigenvalue weighted by molar-refractivity contribution is -0.115. The van der Waals surface area contributed by atoms with E-state index in [1.54, 1.807) is 31.2 Å². The predicted molar refractivity (Wildman–Crippen MR) is 114 cm³/mol. The third-order valence-corrected chi connectivity index (χ3v) is 5.56. The molecule has 2 amide bonds. The first kappa shape index (κ1) is 20.3. The summed E-state index contributed by atoms with van der Waals surface area (Å²) in [6.45, 7) is 1.63. The number of hydrogen-bond donors (Lipinski definition) is 3. The second kappa shape index (κ2) is 8.44. The van der Waals surface area contributed by atoms with Gasteiger partial charge in [-0.15, -0.1) is 0 Å². The Morgan fingerprint density at radius 2 is 2.03 bits per heavy atom. The maximum absolute atomic E-state index is 12.8. The molecule has 1 aliphatic carbocycles. The molecule has 1 fully saturated rings. The lowest BCUT2D eigenvalue weighted by atomic mass is 10.1. The first-order valence-electron chi connectivity index (χ1n) is 10.2. The van der Waals surface area contributed by atoms with Gasteiger partial charge < -0.3 is 10.6 Å². The monoisotopic (exact) mass is 418 g/mol. The number of nitriles is 1. The SMILES string of the molecule is Cc1nc2c(C#N)c[nH]n2c(=O)c1CC(=O)Nc1ccccc1C(=O)NC1CCCC1. The molecular weight excluding hydrogens is 396 g/mol. The quantitative estimate of drug-likeness (QED) is 0.583. The molecule has 158 valence electrons. The van der Waals surface area contributed by atoms with Crippen LogP contribution in [0.1, 0.15) is 52.9 Å². The van der Waals surface area contributed by atoms with Gasteiger partial charge in [-0.05, 0) is 31.9 Å². The van der Waals surface area contributed by atoms with Crippen LogP contribution in [0.25, 0.3) is 5.65 Å². The molecule has 4 rings (SSSR count). The molecule has 0 unspecified atom stereocenters. The van der Waals surface area contributed by atoms with E-state index < -0.39 is 11.5 Å². The van der Waals surface area contributed by atoms with Crippen molar-refractivity contribution in [1.82, 2.24) is 19.9 Å². The van der Waals surface area contributed by atoms with Crippen LogP contribution in [0.5, 0.6) is 0 Å². The average Bonchev–Trinajstić information content (AvgIpc) is 3.41. The van der Waals surface area contributed by atoms with Gasteiger partial charge in [-0.3, -0.25) is 19.5 Å². The van der Waals surface area contributed by atoms with Crippen LogP contribution in [0.3, 0.4) is 0 Å². The van der Waals surface area contributed by atoms with E-state index in [0.29, 0.717) is 16.9 Å². The molecule has 0 spiro atoms. The van der Waals surface area contributed by atoms with E-state index in [0.717, 1.165) is 30.2 Å². The number of benzene rings is 1. The minimum absolute atomic E-state index is 0.163. The Labute approximate surface area is 178 Å². The van der Waals surface area contributed by atoms with Crippen LogP contribution in [0.2, 0.25) is 0 Å². The van der Waals surface area contributed by atoms with Crippen LogP contribution in [0.4, 0.5) is 5.69 Å². The second-order valence-electron chi connectivity index (χ2n) is 7.66. The first-order valence-corrected chi connectivity index (χ1v) is 10.2. The Hall–Kier alpha value is -3.93. The fraction of sp³-hybridized carbons (Fsp3) is 0.318. The highest BCUT2D eigenvalue weighted by atomic mass is 16.2. The standard InChI is InChI=1S/C22H22N6O3/c1-13-17(22(31)28-20(25-13)14(11-23)12-24-28)10-19(29)27-18-9-5-4-8-16(18)21(30)26-15-6-2-3-7-15/h4-5,8-9,12,15,24H,2-3,6-7,10H2,1H3,(H,26,30)(H,27,29). The molecule has 0 bridgehead atoms. The Morgan fingerprint density at radius 3 is 2.77 bits per heavy atom. The molecule has 0 aliphatic heterocycles. The van der Waals surface area contributed by atoms with Gasteiger partial charge in [-0.25, -0.2) is 9.50 Å². The molecule has 2 heterocycles. The van der Waals surface area contributed by atoms with Crippen LogP contribution in [0.15, 0.2) is 35.3 Å². The van der Waals surface area contributed by atoms with Crippen LogP contribution in [0, 0.1) is 18.3 Å². The lowest BCUT2D eigenvalue weighted by Gasteiger charge is -2.15. The number of anilines is 1. The summed E-state index contributed by atoms with van der Waals surface area (Å²) in [5.41, 5.74) is 1.40. The zero-order chi connectivity index (χ0) is 22.0. The van der Waals surface area contributed by atoms with Gasteiger partial charge in [-0.1, -0.05) is 25.0 Å². The maximum Gasteiger partial charge on any atom is 0.276 e. The van der Waals surface area contributed by atoms with E-state index in [1.807, 2.05) is 6.07 Å². The molecular formula is C22H22N6O3. The Bertz CT molecular complexity index is 1260. The van der Waals surface area contributed by atoms with Gasteiger partial charge in [0.1, 0.15) is 11.6 Å². The second-order valence-corrected chi connectivity index (χ2v) is 7.66. The number of aromatic amines is 1. The number of carbonyl (C=O) groups is 2. The van der Waals surface area contributed by atoms with Gasteiger partial charge in [-0.2, -0.15) is 5.26 Å². The van der Waals surface area contributed by atoms with Gasteiger partial charge in [0, 0.05) is 23.5 Å². The number of nitrogens with one attached hydrogen (secondary N) is 3. The Morgan fingerprint density at radius 1 is 1.29 bits per heavy atom. The number of hydrogen-bond acceptors (Lipinski definition) is 5. The zero-order valence-corrected chi connectivity index (χ0v) is 17.1.